The van der Waals surface area contributed by atoms with Crippen molar-refractivity contribution < 1.29 is 22.7 Å². The van der Waals surface area contributed by atoms with Gasteiger partial charge in [-0.05, 0) is 25.1 Å². The highest BCUT2D eigenvalue weighted by molar-refractivity contribution is 6.04. The van der Waals surface area contributed by atoms with Gasteiger partial charge in [0.15, 0.2) is 11.6 Å². The number of ether oxygens (including phenoxy) is 1. The van der Waals surface area contributed by atoms with Gasteiger partial charge in [0.25, 0.3) is 5.91 Å². The Labute approximate surface area is 117 Å². The number of nitrogens with zero attached hydrogens (tertiary/aromatic N) is 1. The molecular formula is C12H11F3N4O2. The maximum atomic E-state index is 12.1. The largest absolute Gasteiger partial charge is 0.573 e. The molecule has 9 heteroatoms. The molecule has 0 radical (unpaired) electrons. The highest BCUT2D eigenvalue weighted by Gasteiger charge is 2.32. The second-order valence-electron chi connectivity index (χ2n) is 4.19. The van der Waals surface area contributed by atoms with E-state index in [1.54, 1.807) is 13.0 Å². The van der Waals surface area contributed by atoms with E-state index >= 15 is 0 Å². The molecule has 0 aliphatic heterocycles. The first kappa shape index (κ1) is 14.7. The number of rotatable bonds is 3. The highest BCUT2D eigenvalue weighted by atomic mass is 19.4. The molecule has 0 aliphatic rings. The van der Waals surface area contributed by atoms with Crippen LogP contribution >= 0.6 is 0 Å². The summed E-state index contributed by atoms with van der Waals surface area (Å²) in [5.74, 6) is -0.812. The van der Waals surface area contributed by atoms with E-state index in [9.17, 15) is 18.0 Å². The number of aromatic nitrogens is 2. The van der Waals surface area contributed by atoms with Gasteiger partial charge >= 0.3 is 6.36 Å². The van der Waals surface area contributed by atoms with Gasteiger partial charge in [-0.15, -0.1) is 13.2 Å². The molecule has 1 heterocycles. The van der Waals surface area contributed by atoms with Gasteiger partial charge in [0, 0.05) is 17.3 Å². The van der Waals surface area contributed by atoms with Crippen molar-refractivity contribution in [3.8, 4) is 5.75 Å². The topological polar surface area (TPSA) is 93.0 Å². The van der Waals surface area contributed by atoms with Gasteiger partial charge in [0.05, 0.1) is 5.69 Å². The van der Waals surface area contributed by atoms with Crippen molar-refractivity contribution in [3.05, 3.63) is 35.5 Å². The minimum atomic E-state index is -4.84. The number of carbonyl (C=O) groups is 1. The lowest BCUT2D eigenvalue weighted by Crippen LogP contribution is -2.18. The summed E-state index contributed by atoms with van der Waals surface area (Å²) < 4.78 is 40.0. The van der Waals surface area contributed by atoms with Crippen LogP contribution in [0.15, 0.2) is 24.3 Å². The standard InChI is InChI=1S/C12H11F3N4O2/c1-6-4-10(19-18-6)17-11(20)7-2-3-9(8(16)5-7)21-12(13,14)15/h2-5H,16H2,1H3,(H2,17,18,19,20). The number of benzene rings is 1. The predicted molar refractivity (Wildman–Crippen MR) is 68.8 cm³/mol. The number of hydrogen-bond acceptors (Lipinski definition) is 4. The van der Waals surface area contributed by atoms with Crippen LogP contribution in [0.1, 0.15) is 16.1 Å². The monoisotopic (exact) mass is 300 g/mol. The number of H-pyrrole nitrogens is 1. The van der Waals surface area contributed by atoms with Gasteiger partial charge in [0.2, 0.25) is 0 Å². The SMILES string of the molecule is Cc1cc(NC(=O)c2ccc(OC(F)(F)F)c(N)c2)n[nH]1. The summed E-state index contributed by atoms with van der Waals surface area (Å²) in [5.41, 5.74) is 5.98. The molecule has 0 saturated heterocycles. The van der Waals surface area contributed by atoms with Crippen molar-refractivity contribution >= 4 is 17.4 Å². The predicted octanol–water partition coefficient (Wildman–Crippen LogP) is 2.45. The molecule has 2 rings (SSSR count). The zero-order valence-electron chi connectivity index (χ0n) is 10.8. The first-order valence-electron chi connectivity index (χ1n) is 5.73. The van der Waals surface area contributed by atoms with Crippen LogP contribution in [-0.4, -0.2) is 22.5 Å². The maximum Gasteiger partial charge on any atom is 0.573 e. The summed E-state index contributed by atoms with van der Waals surface area (Å²) >= 11 is 0. The Balaban J connectivity index is 2.14. The van der Waals surface area contributed by atoms with E-state index < -0.39 is 18.0 Å². The van der Waals surface area contributed by atoms with Crippen molar-refractivity contribution in [2.75, 3.05) is 11.1 Å². The quantitative estimate of drug-likeness (QED) is 0.759. The summed E-state index contributed by atoms with van der Waals surface area (Å²) in [6, 6.07) is 4.85. The molecule has 112 valence electrons. The molecule has 0 bridgehead atoms. The Bertz CT molecular complexity index is 667. The number of aromatic amines is 1. The first-order chi connectivity index (χ1) is 9.74. The third-order valence-electron chi connectivity index (χ3n) is 2.45. The highest BCUT2D eigenvalue weighted by Crippen LogP contribution is 2.29. The van der Waals surface area contributed by atoms with Crippen LogP contribution in [0.3, 0.4) is 0 Å². The number of carbonyl (C=O) groups excluding carboxylic acids is 1. The van der Waals surface area contributed by atoms with Crippen LogP contribution in [0.4, 0.5) is 24.7 Å². The molecular weight excluding hydrogens is 289 g/mol. The normalized spacial score (nSPS) is 11.2. The average molecular weight is 300 g/mol. The number of hydrogen-bond donors (Lipinski definition) is 3. The van der Waals surface area contributed by atoms with Gasteiger partial charge in [-0.25, -0.2) is 0 Å². The molecule has 0 atom stereocenters. The average Bonchev–Trinajstić information content (AvgIpc) is 2.75. The van der Waals surface area contributed by atoms with Gasteiger partial charge in [0.1, 0.15) is 0 Å². The minimum absolute atomic E-state index is 0.0858. The Morgan fingerprint density at radius 1 is 1.38 bits per heavy atom. The second-order valence-corrected chi connectivity index (χ2v) is 4.19. The molecule has 21 heavy (non-hydrogen) atoms. The van der Waals surface area contributed by atoms with Gasteiger partial charge in [-0.1, -0.05) is 0 Å². The number of nitrogens with two attached hydrogens (primary N) is 1. The molecule has 0 saturated carbocycles. The lowest BCUT2D eigenvalue weighted by atomic mass is 10.2. The van der Waals surface area contributed by atoms with E-state index in [1.165, 1.54) is 6.07 Å². The van der Waals surface area contributed by atoms with Crippen LogP contribution in [0.5, 0.6) is 5.75 Å². The fraction of sp³-hybridized carbons (Fsp3) is 0.167. The number of anilines is 2. The summed E-state index contributed by atoms with van der Waals surface area (Å²) in [6.45, 7) is 1.75. The van der Waals surface area contributed by atoms with Crippen molar-refractivity contribution in [1.82, 2.24) is 10.2 Å². The molecule has 1 aromatic carbocycles. The van der Waals surface area contributed by atoms with Crippen LogP contribution in [0.2, 0.25) is 0 Å². The zero-order chi connectivity index (χ0) is 15.6. The molecule has 1 amide bonds. The van der Waals surface area contributed by atoms with Crippen molar-refractivity contribution in [3.63, 3.8) is 0 Å². The summed E-state index contributed by atoms with van der Waals surface area (Å²) in [4.78, 5) is 11.9. The van der Waals surface area contributed by atoms with Crippen LogP contribution < -0.4 is 15.8 Å². The number of nitrogen functional groups attached to an aromatic ring is 1. The van der Waals surface area contributed by atoms with Crippen molar-refractivity contribution in [1.29, 1.82) is 0 Å². The van der Waals surface area contributed by atoms with Crippen LogP contribution in [-0.2, 0) is 0 Å². The van der Waals surface area contributed by atoms with E-state index in [4.69, 9.17) is 5.73 Å². The number of amides is 1. The molecule has 0 unspecified atom stereocenters. The molecule has 0 spiro atoms. The Hall–Kier alpha value is -2.71. The molecule has 0 fully saturated rings. The summed E-state index contributed by atoms with van der Waals surface area (Å²) in [6.07, 6.45) is -4.84. The Kier molecular flexibility index (Phi) is 3.74. The van der Waals surface area contributed by atoms with Gasteiger partial charge in [-0.2, -0.15) is 5.10 Å². The Morgan fingerprint density at radius 2 is 2.10 bits per heavy atom. The summed E-state index contributed by atoms with van der Waals surface area (Å²) in [7, 11) is 0. The fourth-order valence-corrected chi connectivity index (χ4v) is 1.58. The number of nitrogens with one attached hydrogen (secondary N) is 2. The lowest BCUT2D eigenvalue weighted by Gasteiger charge is -2.11. The first-order valence-corrected chi connectivity index (χ1v) is 5.73. The number of alkyl halides is 3. The fourth-order valence-electron chi connectivity index (χ4n) is 1.58. The van der Waals surface area contributed by atoms with E-state index in [1.807, 2.05) is 0 Å². The van der Waals surface area contributed by atoms with E-state index in [0.717, 1.165) is 17.8 Å². The van der Waals surface area contributed by atoms with Gasteiger partial charge < -0.3 is 15.8 Å². The zero-order valence-corrected chi connectivity index (χ0v) is 10.8. The third kappa shape index (κ3) is 3.88. The maximum absolute atomic E-state index is 12.1. The second kappa shape index (κ2) is 5.35. The van der Waals surface area contributed by atoms with Crippen molar-refractivity contribution in [2.24, 2.45) is 0 Å². The number of halogens is 3. The lowest BCUT2D eigenvalue weighted by molar-refractivity contribution is -0.274. The molecule has 1 aromatic heterocycles. The van der Waals surface area contributed by atoms with Crippen LogP contribution in [0.25, 0.3) is 0 Å². The minimum Gasteiger partial charge on any atom is -0.404 e. The Morgan fingerprint density at radius 3 is 2.62 bits per heavy atom. The molecule has 0 aliphatic carbocycles. The van der Waals surface area contributed by atoms with E-state index in [2.05, 4.69) is 20.3 Å². The van der Waals surface area contributed by atoms with E-state index in [-0.39, 0.29) is 11.3 Å². The van der Waals surface area contributed by atoms with Gasteiger partial charge in [-0.3, -0.25) is 9.89 Å². The smallest absolute Gasteiger partial charge is 0.404 e. The summed E-state index contributed by atoms with van der Waals surface area (Å²) in [5, 5.41) is 8.92. The molecule has 6 nitrogen and oxygen atoms in total. The van der Waals surface area contributed by atoms with Crippen molar-refractivity contribution in [2.45, 2.75) is 13.3 Å². The van der Waals surface area contributed by atoms with E-state index in [0.29, 0.717) is 5.82 Å². The third-order valence-corrected chi connectivity index (χ3v) is 2.45. The molecule has 4 N–H and O–H groups in total. The molecule has 2 aromatic rings. The van der Waals surface area contributed by atoms with Crippen LogP contribution in [0, 0.1) is 6.92 Å². The number of aryl methyl sites for hydroxylation is 1.